The Morgan fingerprint density at radius 3 is 2.58 bits per heavy atom. The van der Waals surface area contributed by atoms with Gasteiger partial charge >= 0.3 is 5.97 Å². The van der Waals surface area contributed by atoms with E-state index in [9.17, 15) is 4.79 Å². The summed E-state index contributed by atoms with van der Waals surface area (Å²) in [6, 6.07) is 9.54. The van der Waals surface area contributed by atoms with Crippen LogP contribution in [0, 0.1) is 0 Å². The quantitative estimate of drug-likeness (QED) is 0.653. The van der Waals surface area contributed by atoms with Crippen LogP contribution in [-0.4, -0.2) is 51.1 Å². The fourth-order valence-electron chi connectivity index (χ4n) is 1.70. The first kappa shape index (κ1) is 15.5. The van der Waals surface area contributed by atoms with Gasteiger partial charge in [0, 0.05) is 25.9 Å². The lowest BCUT2D eigenvalue weighted by Crippen LogP contribution is -2.31. The lowest BCUT2D eigenvalue weighted by atomic mass is 10.2. The molecule has 0 aliphatic carbocycles. The number of carboxylic acids is 1. The predicted molar refractivity (Wildman–Crippen MR) is 73.6 cm³/mol. The fraction of sp³-hybridized carbons (Fsp3) is 0.500. The molecule has 0 bridgehead atoms. The van der Waals surface area contributed by atoms with Gasteiger partial charge in [0.15, 0.2) is 0 Å². The molecule has 0 radical (unpaired) electrons. The lowest BCUT2D eigenvalue weighted by molar-refractivity contribution is -0.135. The van der Waals surface area contributed by atoms with Crippen molar-refractivity contribution < 1.29 is 19.4 Å². The summed E-state index contributed by atoms with van der Waals surface area (Å²) in [6.07, 6.45) is 0.784. The highest BCUT2D eigenvalue weighted by Crippen LogP contribution is 2.13. The number of para-hydroxylation sites is 1. The molecular weight excluding hydrogens is 246 g/mol. The minimum atomic E-state index is -0.829. The molecule has 106 valence electrons. The molecule has 5 heteroatoms. The minimum Gasteiger partial charge on any atom is -0.480 e. The molecule has 0 amide bonds. The molecule has 1 aromatic carbocycles. The van der Waals surface area contributed by atoms with Crippen LogP contribution in [0.15, 0.2) is 30.3 Å². The number of carbonyl (C=O) groups is 1. The molecular formula is C14H21NO4. The molecule has 0 unspecified atom stereocenters. The summed E-state index contributed by atoms with van der Waals surface area (Å²) >= 11 is 0. The van der Waals surface area contributed by atoms with Gasteiger partial charge < -0.3 is 19.5 Å². The Morgan fingerprint density at radius 2 is 1.95 bits per heavy atom. The zero-order valence-electron chi connectivity index (χ0n) is 11.2. The van der Waals surface area contributed by atoms with E-state index < -0.39 is 5.97 Å². The first-order valence-electron chi connectivity index (χ1n) is 6.32. The normalized spacial score (nSPS) is 10.4. The lowest BCUT2D eigenvalue weighted by Gasteiger charge is -2.22. The van der Waals surface area contributed by atoms with Crippen molar-refractivity contribution in [1.29, 1.82) is 0 Å². The second-order valence-electron chi connectivity index (χ2n) is 4.11. The van der Waals surface area contributed by atoms with Crippen molar-refractivity contribution in [2.75, 3.05) is 44.9 Å². The summed E-state index contributed by atoms with van der Waals surface area (Å²) in [6.45, 7) is 2.41. The number of hydrogen-bond acceptors (Lipinski definition) is 4. The van der Waals surface area contributed by atoms with Gasteiger partial charge in [-0.25, -0.2) is 0 Å². The van der Waals surface area contributed by atoms with E-state index in [1.54, 1.807) is 7.11 Å². The number of carboxylic acid groups (broad SMARTS) is 1. The van der Waals surface area contributed by atoms with Crippen LogP contribution in [0.2, 0.25) is 0 Å². The molecule has 0 heterocycles. The summed E-state index contributed by atoms with van der Waals surface area (Å²) in [5, 5.41) is 8.93. The van der Waals surface area contributed by atoms with Crippen LogP contribution in [0.1, 0.15) is 6.42 Å². The maximum absolute atomic E-state index is 10.9. The molecule has 1 aromatic rings. The number of hydrogen-bond donors (Lipinski definition) is 1. The molecule has 0 spiro atoms. The van der Waals surface area contributed by atoms with Crippen molar-refractivity contribution in [1.82, 2.24) is 0 Å². The number of nitrogens with zero attached hydrogens (tertiary/aromatic N) is 1. The van der Waals surface area contributed by atoms with Gasteiger partial charge in [-0.05, 0) is 18.6 Å². The van der Waals surface area contributed by atoms with Crippen LogP contribution in [-0.2, 0) is 14.3 Å². The zero-order valence-corrected chi connectivity index (χ0v) is 11.2. The minimum absolute atomic E-state index is 0.00207. The Morgan fingerprint density at radius 1 is 1.21 bits per heavy atom. The standard InChI is InChI=1S/C14H21NO4/c1-18-10-11-19-9-5-8-15(12-14(16)17)13-6-3-2-4-7-13/h2-4,6-7H,5,8-12H2,1H3,(H,16,17). The van der Waals surface area contributed by atoms with Gasteiger partial charge in [-0.2, -0.15) is 0 Å². The van der Waals surface area contributed by atoms with Crippen molar-refractivity contribution in [3.8, 4) is 0 Å². The van der Waals surface area contributed by atoms with Gasteiger partial charge in [-0.3, -0.25) is 4.79 Å². The van der Waals surface area contributed by atoms with Crippen LogP contribution >= 0.6 is 0 Å². The average Bonchev–Trinajstić information content (AvgIpc) is 2.42. The molecule has 0 aliphatic rings. The molecule has 0 atom stereocenters. The summed E-state index contributed by atoms with van der Waals surface area (Å²) in [7, 11) is 1.63. The van der Waals surface area contributed by atoms with Gasteiger partial charge in [-0.15, -0.1) is 0 Å². The molecule has 1 N–H and O–H groups in total. The summed E-state index contributed by atoms with van der Waals surface area (Å²) in [5.41, 5.74) is 0.918. The molecule has 1 rings (SSSR count). The molecule has 0 saturated heterocycles. The van der Waals surface area contributed by atoms with E-state index in [-0.39, 0.29) is 6.54 Å². The molecule has 0 saturated carbocycles. The van der Waals surface area contributed by atoms with Gasteiger partial charge in [0.25, 0.3) is 0 Å². The Balaban J connectivity index is 2.36. The molecule has 0 aliphatic heterocycles. The van der Waals surface area contributed by atoms with E-state index in [0.29, 0.717) is 26.4 Å². The van der Waals surface area contributed by atoms with Crippen LogP contribution in [0.4, 0.5) is 5.69 Å². The topological polar surface area (TPSA) is 59.0 Å². The van der Waals surface area contributed by atoms with Gasteiger partial charge in [-0.1, -0.05) is 18.2 Å². The Kier molecular flexibility index (Phi) is 7.62. The van der Waals surface area contributed by atoms with E-state index in [1.807, 2.05) is 35.2 Å². The highest BCUT2D eigenvalue weighted by atomic mass is 16.5. The van der Waals surface area contributed by atoms with Crippen molar-refractivity contribution in [3.63, 3.8) is 0 Å². The van der Waals surface area contributed by atoms with Crippen molar-refractivity contribution in [2.45, 2.75) is 6.42 Å². The van der Waals surface area contributed by atoms with Crippen LogP contribution in [0.25, 0.3) is 0 Å². The monoisotopic (exact) mass is 267 g/mol. The van der Waals surface area contributed by atoms with E-state index in [4.69, 9.17) is 14.6 Å². The summed E-state index contributed by atoms with van der Waals surface area (Å²) in [4.78, 5) is 12.7. The first-order chi connectivity index (χ1) is 9.24. The number of anilines is 1. The zero-order chi connectivity index (χ0) is 13.9. The third-order valence-corrected chi connectivity index (χ3v) is 2.60. The van der Waals surface area contributed by atoms with Crippen LogP contribution in [0.3, 0.4) is 0 Å². The van der Waals surface area contributed by atoms with Crippen molar-refractivity contribution in [2.24, 2.45) is 0 Å². The molecule has 5 nitrogen and oxygen atoms in total. The average molecular weight is 267 g/mol. The SMILES string of the molecule is COCCOCCCN(CC(=O)O)c1ccccc1. The maximum atomic E-state index is 10.9. The van der Waals surface area contributed by atoms with Crippen molar-refractivity contribution in [3.05, 3.63) is 30.3 Å². The highest BCUT2D eigenvalue weighted by molar-refractivity contribution is 5.73. The van der Waals surface area contributed by atoms with Gasteiger partial charge in [0.2, 0.25) is 0 Å². The van der Waals surface area contributed by atoms with Crippen LogP contribution in [0.5, 0.6) is 0 Å². The second-order valence-corrected chi connectivity index (χ2v) is 4.11. The van der Waals surface area contributed by atoms with Crippen LogP contribution < -0.4 is 4.90 Å². The molecule has 0 aromatic heterocycles. The summed E-state index contributed by atoms with van der Waals surface area (Å²) in [5.74, 6) is -0.829. The van der Waals surface area contributed by atoms with E-state index >= 15 is 0 Å². The van der Waals surface area contributed by atoms with E-state index in [2.05, 4.69) is 0 Å². The second kappa shape index (κ2) is 9.35. The van der Waals surface area contributed by atoms with E-state index in [1.165, 1.54) is 0 Å². The summed E-state index contributed by atoms with van der Waals surface area (Å²) < 4.78 is 10.2. The Labute approximate surface area is 113 Å². The van der Waals surface area contributed by atoms with Gasteiger partial charge in [0.05, 0.1) is 13.2 Å². The van der Waals surface area contributed by atoms with Crippen molar-refractivity contribution >= 4 is 11.7 Å². The predicted octanol–water partition coefficient (Wildman–Crippen LogP) is 1.63. The number of methoxy groups -OCH3 is 1. The molecule has 0 fully saturated rings. The number of rotatable bonds is 10. The third kappa shape index (κ3) is 6.79. The fourth-order valence-corrected chi connectivity index (χ4v) is 1.70. The smallest absolute Gasteiger partial charge is 0.323 e. The van der Waals surface area contributed by atoms with Gasteiger partial charge in [0.1, 0.15) is 6.54 Å². The Bertz CT molecular complexity index is 356. The highest BCUT2D eigenvalue weighted by Gasteiger charge is 2.09. The molecule has 19 heavy (non-hydrogen) atoms. The first-order valence-corrected chi connectivity index (χ1v) is 6.32. The largest absolute Gasteiger partial charge is 0.480 e. The number of ether oxygens (including phenoxy) is 2. The maximum Gasteiger partial charge on any atom is 0.323 e. The van der Waals surface area contributed by atoms with E-state index in [0.717, 1.165) is 12.1 Å². The number of aliphatic carboxylic acids is 1. The Hall–Kier alpha value is -1.59. The number of benzene rings is 1. The third-order valence-electron chi connectivity index (χ3n) is 2.60.